The number of hydrogen-bond acceptors (Lipinski definition) is 5. The number of aliphatic hydroxyl groups is 1. The number of rotatable bonds is 6. The molecule has 0 bridgehead atoms. The van der Waals surface area contributed by atoms with Gasteiger partial charge in [0.15, 0.2) is 0 Å². The van der Waals surface area contributed by atoms with Crippen molar-refractivity contribution in [3.63, 3.8) is 0 Å². The second-order valence-corrected chi connectivity index (χ2v) is 6.67. The summed E-state index contributed by atoms with van der Waals surface area (Å²) in [6.45, 7) is 3.31. The smallest absolute Gasteiger partial charge is 0.244 e. The normalized spacial score (nSPS) is 23.9. The fourth-order valence-electron chi connectivity index (χ4n) is 1.97. The van der Waals surface area contributed by atoms with Crippen molar-refractivity contribution in [2.75, 3.05) is 19.8 Å². The van der Waals surface area contributed by atoms with Gasteiger partial charge in [-0.25, -0.2) is 13.1 Å². The molecule has 1 aromatic rings. The molecular weight excluding hydrogens is 270 g/mol. The van der Waals surface area contributed by atoms with Crippen molar-refractivity contribution in [3.05, 3.63) is 12.4 Å². The van der Waals surface area contributed by atoms with Crippen LogP contribution in [-0.2, 0) is 21.3 Å². The Bertz CT molecular complexity index is 520. The van der Waals surface area contributed by atoms with Gasteiger partial charge in [-0.3, -0.25) is 4.68 Å². The molecule has 1 atom stereocenters. The molecule has 1 saturated heterocycles. The lowest BCUT2D eigenvalue weighted by atomic mass is 10.0. The molecule has 0 amide bonds. The first-order chi connectivity index (χ1) is 8.95. The molecule has 1 aliphatic rings. The van der Waals surface area contributed by atoms with E-state index in [0.717, 1.165) is 0 Å². The first kappa shape index (κ1) is 14.4. The lowest BCUT2D eigenvalue weighted by molar-refractivity contribution is 0.178. The molecule has 1 aromatic heterocycles. The zero-order valence-electron chi connectivity index (χ0n) is 10.9. The predicted octanol–water partition coefficient (Wildman–Crippen LogP) is -0.277. The van der Waals surface area contributed by atoms with Crippen molar-refractivity contribution in [1.29, 1.82) is 0 Å². The van der Waals surface area contributed by atoms with Crippen molar-refractivity contribution >= 4 is 10.0 Å². The molecule has 0 aliphatic carbocycles. The molecule has 1 unspecified atom stereocenters. The minimum atomic E-state index is -3.58. The van der Waals surface area contributed by atoms with Crippen LogP contribution >= 0.6 is 0 Å². The quantitative estimate of drug-likeness (QED) is 0.751. The van der Waals surface area contributed by atoms with Crippen LogP contribution in [-0.4, -0.2) is 48.7 Å². The van der Waals surface area contributed by atoms with E-state index in [0.29, 0.717) is 32.6 Å². The third kappa shape index (κ3) is 3.53. The van der Waals surface area contributed by atoms with Crippen molar-refractivity contribution in [2.45, 2.75) is 36.7 Å². The maximum atomic E-state index is 12.2. The molecule has 2 heterocycles. The molecule has 1 aliphatic heterocycles. The molecule has 7 nitrogen and oxygen atoms in total. The Kier molecular flexibility index (Phi) is 4.24. The van der Waals surface area contributed by atoms with Crippen molar-refractivity contribution in [3.8, 4) is 0 Å². The molecular formula is C11H19N3O4S. The predicted molar refractivity (Wildman–Crippen MR) is 68.1 cm³/mol. The second kappa shape index (κ2) is 5.58. The summed E-state index contributed by atoms with van der Waals surface area (Å²) in [7, 11) is -3.58. The van der Waals surface area contributed by atoms with E-state index in [1.54, 1.807) is 0 Å². The van der Waals surface area contributed by atoms with Crippen LogP contribution < -0.4 is 4.72 Å². The van der Waals surface area contributed by atoms with Crippen LogP contribution in [0.25, 0.3) is 0 Å². The van der Waals surface area contributed by atoms with Gasteiger partial charge in [-0.2, -0.15) is 5.10 Å². The van der Waals surface area contributed by atoms with E-state index in [-0.39, 0.29) is 11.5 Å². The number of nitrogens with zero attached hydrogens (tertiary/aromatic N) is 2. The van der Waals surface area contributed by atoms with Gasteiger partial charge in [0.05, 0.1) is 18.3 Å². The lowest BCUT2D eigenvalue weighted by Crippen LogP contribution is -2.46. The fraction of sp³-hybridized carbons (Fsp3) is 0.727. The van der Waals surface area contributed by atoms with Gasteiger partial charge in [0.1, 0.15) is 4.90 Å². The highest BCUT2D eigenvalue weighted by Crippen LogP contribution is 2.21. The average Bonchev–Trinajstić information content (AvgIpc) is 2.95. The maximum absolute atomic E-state index is 12.2. The van der Waals surface area contributed by atoms with Gasteiger partial charge in [0, 0.05) is 26.0 Å². The first-order valence-corrected chi connectivity index (χ1v) is 7.69. The number of hydrogen-bond donors (Lipinski definition) is 2. The van der Waals surface area contributed by atoms with E-state index in [9.17, 15) is 8.42 Å². The second-order valence-electron chi connectivity index (χ2n) is 4.99. The topological polar surface area (TPSA) is 93.5 Å². The van der Waals surface area contributed by atoms with E-state index in [4.69, 9.17) is 9.84 Å². The van der Waals surface area contributed by atoms with Crippen LogP contribution in [0.4, 0.5) is 0 Å². The zero-order chi connectivity index (χ0) is 13.9. The Morgan fingerprint density at radius 1 is 1.63 bits per heavy atom. The van der Waals surface area contributed by atoms with E-state index >= 15 is 0 Å². The Morgan fingerprint density at radius 2 is 2.42 bits per heavy atom. The van der Waals surface area contributed by atoms with Gasteiger partial charge in [-0.1, -0.05) is 0 Å². The summed E-state index contributed by atoms with van der Waals surface area (Å²) in [5, 5.41) is 12.7. The van der Waals surface area contributed by atoms with Crippen molar-refractivity contribution < 1.29 is 18.3 Å². The highest BCUT2D eigenvalue weighted by Gasteiger charge is 2.35. The van der Waals surface area contributed by atoms with E-state index < -0.39 is 15.6 Å². The summed E-state index contributed by atoms with van der Waals surface area (Å²) in [6, 6.07) is 0. The third-order valence-electron chi connectivity index (χ3n) is 3.06. The summed E-state index contributed by atoms with van der Waals surface area (Å²) in [5.74, 6) is 0. The molecule has 8 heteroatoms. The van der Waals surface area contributed by atoms with Crippen molar-refractivity contribution in [2.24, 2.45) is 0 Å². The highest BCUT2D eigenvalue weighted by molar-refractivity contribution is 7.89. The monoisotopic (exact) mass is 289 g/mol. The number of ether oxygens (including phenoxy) is 1. The van der Waals surface area contributed by atoms with Gasteiger partial charge in [0.25, 0.3) is 0 Å². The van der Waals surface area contributed by atoms with Gasteiger partial charge in [-0.15, -0.1) is 0 Å². The number of nitrogens with one attached hydrogen (secondary N) is 1. The summed E-state index contributed by atoms with van der Waals surface area (Å²) in [4.78, 5) is 0.138. The van der Waals surface area contributed by atoms with E-state index in [1.165, 1.54) is 17.1 Å². The van der Waals surface area contributed by atoms with Crippen LogP contribution in [0.3, 0.4) is 0 Å². The highest BCUT2D eigenvalue weighted by atomic mass is 32.2. The average molecular weight is 289 g/mol. The Balaban J connectivity index is 2.08. The zero-order valence-corrected chi connectivity index (χ0v) is 11.7. The summed E-state index contributed by atoms with van der Waals surface area (Å²) >= 11 is 0. The van der Waals surface area contributed by atoms with Gasteiger partial charge < -0.3 is 9.84 Å². The van der Waals surface area contributed by atoms with Crippen LogP contribution in [0.1, 0.15) is 19.8 Å². The molecule has 0 saturated carbocycles. The third-order valence-corrected chi connectivity index (χ3v) is 4.66. The van der Waals surface area contributed by atoms with Crippen molar-refractivity contribution in [1.82, 2.24) is 14.5 Å². The molecule has 0 aromatic carbocycles. The molecule has 2 N–H and O–H groups in total. The fourth-order valence-corrected chi connectivity index (χ4v) is 3.34. The largest absolute Gasteiger partial charge is 0.396 e. The Morgan fingerprint density at radius 3 is 3.05 bits per heavy atom. The standard InChI is InChI=1S/C11H19N3O4S/c1-11(3-6-18-9-11)13-19(16,17)10-7-12-14(8-10)4-2-5-15/h7-8,13,15H,2-6,9H2,1H3. The molecule has 0 radical (unpaired) electrons. The number of sulfonamides is 1. The number of aromatic nitrogens is 2. The van der Waals surface area contributed by atoms with E-state index in [2.05, 4.69) is 9.82 Å². The summed E-state index contributed by atoms with van der Waals surface area (Å²) in [6.07, 6.45) is 3.99. The number of aryl methyl sites for hydroxylation is 1. The SMILES string of the molecule is CC1(NS(=O)(=O)c2cnn(CCCO)c2)CCOC1. The minimum Gasteiger partial charge on any atom is -0.396 e. The molecule has 0 spiro atoms. The first-order valence-electron chi connectivity index (χ1n) is 6.20. The van der Waals surface area contributed by atoms with Crippen LogP contribution in [0.2, 0.25) is 0 Å². The maximum Gasteiger partial charge on any atom is 0.244 e. The van der Waals surface area contributed by atoms with Gasteiger partial charge in [0.2, 0.25) is 10.0 Å². The minimum absolute atomic E-state index is 0.0512. The number of aliphatic hydroxyl groups excluding tert-OH is 1. The van der Waals surface area contributed by atoms with Crippen LogP contribution in [0.5, 0.6) is 0 Å². The van der Waals surface area contributed by atoms with Gasteiger partial charge >= 0.3 is 0 Å². The van der Waals surface area contributed by atoms with Gasteiger partial charge in [-0.05, 0) is 19.8 Å². The Hall–Kier alpha value is -0.960. The summed E-state index contributed by atoms with van der Waals surface area (Å²) in [5.41, 5.74) is -0.550. The van der Waals surface area contributed by atoms with Crippen LogP contribution in [0, 0.1) is 0 Å². The molecule has 1 fully saturated rings. The molecule has 19 heavy (non-hydrogen) atoms. The lowest BCUT2D eigenvalue weighted by Gasteiger charge is -2.22. The summed E-state index contributed by atoms with van der Waals surface area (Å²) < 4.78 is 33.8. The van der Waals surface area contributed by atoms with E-state index in [1.807, 2.05) is 6.92 Å². The Labute approximate surface area is 112 Å². The molecule has 108 valence electrons. The molecule has 2 rings (SSSR count). The van der Waals surface area contributed by atoms with Crippen LogP contribution in [0.15, 0.2) is 17.3 Å².